The van der Waals surface area contributed by atoms with Gasteiger partial charge in [-0.05, 0) is 30.8 Å². The topological polar surface area (TPSA) is 29.9 Å². The second-order valence-electron chi connectivity index (χ2n) is 4.76. The molecule has 7 heteroatoms. The van der Waals surface area contributed by atoms with E-state index in [-0.39, 0.29) is 10.5 Å². The Morgan fingerprint density at radius 3 is 2.57 bits per heavy atom. The molecular formula is C14H15BrF3N3. The van der Waals surface area contributed by atoms with E-state index >= 15 is 0 Å². The van der Waals surface area contributed by atoms with Gasteiger partial charge in [-0.2, -0.15) is 18.3 Å². The molecule has 2 rings (SSSR count). The Morgan fingerprint density at radius 1 is 1.33 bits per heavy atom. The van der Waals surface area contributed by atoms with Crippen LogP contribution in [0, 0.1) is 0 Å². The van der Waals surface area contributed by atoms with Crippen molar-refractivity contribution in [2.75, 3.05) is 7.05 Å². The molecular weight excluding hydrogens is 347 g/mol. The molecule has 1 atom stereocenters. The summed E-state index contributed by atoms with van der Waals surface area (Å²) in [6.45, 7) is 0. The summed E-state index contributed by atoms with van der Waals surface area (Å²) in [6, 6.07) is 5.92. The lowest BCUT2D eigenvalue weighted by Gasteiger charge is -2.18. The molecule has 0 aliphatic rings. The van der Waals surface area contributed by atoms with E-state index in [4.69, 9.17) is 0 Å². The highest BCUT2D eigenvalue weighted by atomic mass is 79.9. The van der Waals surface area contributed by atoms with E-state index in [2.05, 4.69) is 26.3 Å². The summed E-state index contributed by atoms with van der Waals surface area (Å²) >= 11 is 2.95. The van der Waals surface area contributed by atoms with Crippen LogP contribution < -0.4 is 5.32 Å². The Kier molecular flexibility index (Phi) is 4.73. The third-order valence-corrected chi connectivity index (χ3v) is 3.92. The molecule has 1 aromatic carbocycles. The first-order valence-electron chi connectivity index (χ1n) is 6.33. The summed E-state index contributed by atoms with van der Waals surface area (Å²) in [5.41, 5.74) is 0.744. The Morgan fingerprint density at radius 2 is 2.05 bits per heavy atom. The molecule has 114 valence electrons. The van der Waals surface area contributed by atoms with E-state index in [9.17, 15) is 13.2 Å². The Hall–Kier alpha value is -1.34. The second kappa shape index (κ2) is 6.19. The number of alkyl halides is 3. The van der Waals surface area contributed by atoms with Crippen molar-refractivity contribution in [2.45, 2.75) is 18.6 Å². The number of hydrogen-bond acceptors (Lipinski definition) is 2. The maximum absolute atomic E-state index is 13.0. The standard InChI is InChI=1S/C14H15BrF3N3/c1-19-13(8-10-5-6-21(2)20-10)9-3-4-12(15)11(7-9)14(16,17)18/h3-7,13,19H,8H2,1-2H3. The molecule has 0 amide bonds. The van der Waals surface area contributed by atoms with Gasteiger partial charge in [-0.15, -0.1) is 0 Å². The molecule has 1 aromatic heterocycles. The van der Waals surface area contributed by atoms with Crippen molar-refractivity contribution in [3.05, 3.63) is 51.8 Å². The minimum absolute atomic E-state index is 0.0476. The van der Waals surface area contributed by atoms with Crippen molar-refractivity contribution in [1.29, 1.82) is 0 Å². The number of rotatable bonds is 4. The highest BCUT2D eigenvalue weighted by Crippen LogP contribution is 2.36. The van der Waals surface area contributed by atoms with Crippen molar-refractivity contribution in [2.24, 2.45) is 7.05 Å². The highest BCUT2D eigenvalue weighted by Gasteiger charge is 2.33. The predicted octanol–water partition coefficient (Wildman–Crippen LogP) is 3.70. The zero-order chi connectivity index (χ0) is 15.6. The van der Waals surface area contributed by atoms with Crippen molar-refractivity contribution >= 4 is 15.9 Å². The lowest BCUT2D eigenvalue weighted by Crippen LogP contribution is -2.20. The van der Waals surface area contributed by atoms with Crippen LogP contribution in [-0.4, -0.2) is 16.8 Å². The SMILES string of the molecule is CNC(Cc1ccn(C)n1)c1ccc(Br)c(C(F)(F)F)c1. The quantitative estimate of drug-likeness (QED) is 0.899. The fourth-order valence-corrected chi connectivity index (χ4v) is 2.62. The molecule has 1 unspecified atom stereocenters. The van der Waals surface area contributed by atoms with Crippen molar-refractivity contribution in [3.8, 4) is 0 Å². The number of likely N-dealkylation sites (N-methyl/N-ethyl adjacent to an activating group) is 1. The molecule has 0 radical (unpaired) electrons. The van der Waals surface area contributed by atoms with Crippen LogP contribution in [0.25, 0.3) is 0 Å². The Balaban J connectivity index is 2.30. The summed E-state index contributed by atoms with van der Waals surface area (Å²) < 4.78 is 40.6. The normalized spacial score (nSPS) is 13.4. The molecule has 0 spiro atoms. The average Bonchev–Trinajstić information content (AvgIpc) is 2.81. The highest BCUT2D eigenvalue weighted by molar-refractivity contribution is 9.10. The smallest absolute Gasteiger partial charge is 0.313 e. The molecule has 3 nitrogen and oxygen atoms in total. The number of benzene rings is 1. The summed E-state index contributed by atoms with van der Waals surface area (Å²) in [6.07, 6.45) is -2.04. The second-order valence-corrected chi connectivity index (χ2v) is 5.62. The zero-order valence-electron chi connectivity index (χ0n) is 11.6. The van der Waals surface area contributed by atoms with E-state index in [1.807, 2.05) is 12.3 Å². The molecule has 0 saturated heterocycles. The van der Waals surface area contributed by atoms with Crippen LogP contribution in [0.2, 0.25) is 0 Å². The van der Waals surface area contributed by atoms with Crippen LogP contribution in [0.5, 0.6) is 0 Å². The van der Waals surface area contributed by atoms with Gasteiger partial charge in [0.25, 0.3) is 0 Å². The van der Waals surface area contributed by atoms with E-state index < -0.39 is 11.7 Å². The fourth-order valence-electron chi connectivity index (χ4n) is 2.14. The summed E-state index contributed by atoms with van der Waals surface area (Å²) in [4.78, 5) is 0. The zero-order valence-corrected chi connectivity index (χ0v) is 13.2. The molecule has 0 saturated carbocycles. The molecule has 0 aliphatic heterocycles. The van der Waals surface area contributed by atoms with Gasteiger partial charge in [-0.25, -0.2) is 0 Å². The number of hydrogen-bond donors (Lipinski definition) is 1. The minimum atomic E-state index is -4.38. The van der Waals surface area contributed by atoms with Gasteiger partial charge in [0.15, 0.2) is 0 Å². The van der Waals surface area contributed by atoms with Crippen LogP contribution in [-0.2, 0) is 19.6 Å². The van der Waals surface area contributed by atoms with Crippen LogP contribution in [0.3, 0.4) is 0 Å². The summed E-state index contributed by atoms with van der Waals surface area (Å²) in [7, 11) is 3.53. The monoisotopic (exact) mass is 361 g/mol. The summed E-state index contributed by atoms with van der Waals surface area (Å²) in [5, 5.41) is 7.30. The first-order chi connectivity index (χ1) is 9.81. The minimum Gasteiger partial charge on any atom is -0.313 e. The summed E-state index contributed by atoms with van der Waals surface area (Å²) in [5.74, 6) is 0. The predicted molar refractivity (Wildman–Crippen MR) is 77.9 cm³/mol. The van der Waals surface area contributed by atoms with Gasteiger partial charge in [0.05, 0.1) is 11.3 Å². The molecule has 1 heterocycles. The largest absolute Gasteiger partial charge is 0.417 e. The van der Waals surface area contributed by atoms with Crippen LogP contribution in [0.15, 0.2) is 34.9 Å². The molecule has 21 heavy (non-hydrogen) atoms. The van der Waals surface area contributed by atoms with E-state index in [1.54, 1.807) is 24.8 Å². The van der Waals surface area contributed by atoms with E-state index in [0.717, 1.165) is 5.69 Å². The Labute approximate surface area is 129 Å². The molecule has 1 N–H and O–H groups in total. The third-order valence-electron chi connectivity index (χ3n) is 3.23. The molecule has 0 bridgehead atoms. The van der Waals surface area contributed by atoms with Gasteiger partial charge in [0.2, 0.25) is 0 Å². The van der Waals surface area contributed by atoms with Gasteiger partial charge in [0.1, 0.15) is 0 Å². The van der Waals surface area contributed by atoms with E-state index in [1.165, 1.54) is 12.1 Å². The molecule has 0 aliphatic carbocycles. The van der Waals surface area contributed by atoms with Gasteiger partial charge in [-0.3, -0.25) is 4.68 Å². The number of aromatic nitrogens is 2. The van der Waals surface area contributed by atoms with Crippen LogP contribution in [0.1, 0.15) is 22.9 Å². The molecule has 0 fully saturated rings. The maximum atomic E-state index is 13.0. The molecule has 2 aromatic rings. The first-order valence-corrected chi connectivity index (χ1v) is 7.13. The fraction of sp³-hybridized carbons (Fsp3) is 0.357. The van der Waals surface area contributed by atoms with Crippen molar-refractivity contribution < 1.29 is 13.2 Å². The lowest BCUT2D eigenvalue weighted by atomic mass is 10.00. The number of halogens is 4. The number of aryl methyl sites for hydroxylation is 1. The van der Waals surface area contributed by atoms with Gasteiger partial charge >= 0.3 is 6.18 Å². The average molecular weight is 362 g/mol. The maximum Gasteiger partial charge on any atom is 0.417 e. The lowest BCUT2D eigenvalue weighted by molar-refractivity contribution is -0.138. The first kappa shape index (κ1) is 16.0. The van der Waals surface area contributed by atoms with Gasteiger partial charge < -0.3 is 5.32 Å². The number of nitrogens with zero attached hydrogens (tertiary/aromatic N) is 2. The van der Waals surface area contributed by atoms with Crippen LogP contribution >= 0.6 is 15.9 Å². The van der Waals surface area contributed by atoms with Crippen molar-refractivity contribution in [3.63, 3.8) is 0 Å². The van der Waals surface area contributed by atoms with Gasteiger partial charge in [-0.1, -0.05) is 22.0 Å². The number of nitrogens with one attached hydrogen (secondary N) is 1. The van der Waals surface area contributed by atoms with Crippen LogP contribution in [0.4, 0.5) is 13.2 Å². The third kappa shape index (κ3) is 3.85. The van der Waals surface area contributed by atoms with Crippen molar-refractivity contribution in [1.82, 2.24) is 15.1 Å². The van der Waals surface area contributed by atoms with E-state index in [0.29, 0.717) is 12.0 Å². The Bertz CT molecular complexity index is 622. The van der Waals surface area contributed by atoms with Gasteiger partial charge in [0, 0.05) is 30.2 Å².